The lowest BCUT2D eigenvalue weighted by Gasteiger charge is -2.15. The lowest BCUT2D eigenvalue weighted by Crippen LogP contribution is -2.38. The second kappa shape index (κ2) is 8.85. The number of hydrogen-bond acceptors (Lipinski definition) is 3. The summed E-state index contributed by atoms with van der Waals surface area (Å²) in [5.41, 5.74) is 0.00628. The third kappa shape index (κ3) is 5.22. The fourth-order valence-corrected chi connectivity index (χ4v) is 2.07. The van der Waals surface area contributed by atoms with Gasteiger partial charge in [-0.05, 0) is 24.3 Å². The van der Waals surface area contributed by atoms with E-state index in [2.05, 4.69) is 20.4 Å². The van der Waals surface area contributed by atoms with Gasteiger partial charge < -0.3 is 19.8 Å². The SMILES string of the molecule is CN=C(NCCc1ccco1)NCc1c(F)cccc1OC(F)F. The molecule has 0 aliphatic heterocycles. The topological polar surface area (TPSA) is 58.8 Å². The molecule has 0 bridgehead atoms. The average molecular weight is 341 g/mol. The number of nitrogens with one attached hydrogen (secondary N) is 2. The van der Waals surface area contributed by atoms with Crippen LogP contribution in [0.4, 0.5) is 13.2 Å². The second-order valence-electron chi connectivity index (χ2n) is 4.78. The maximum absolute atomic E-state index is 13.9. The highest BCUT2D eigenvalue weighted by Crippen LogP contribution is 2.23. The number of nitrogens with zero attached hydrogens (tertiary/aromatic N) is 1. The number of halogens is 3. The lowest BCUT2D eigenvalue weighted by atomic mass is 10.2. The Bertz CT molecular complexity index is 661. The van der Waals surface area contributed by atoms with E-state index >= 15 is 0 Å². The van der Waals surface area contributed by atoms with Gasteiger partial charge in [0.15, 0.2) is 5.96 Å². The molecule has 8 heteroatoms. The summed E-state index contributed by atoms with van der Waals surface area (Å²) in [5, 5.41) is 5.89. The van der Waals surface area contributed by atoms with E-state index in [0.717, 1.165) is 5.76 Å². The zero-order valence-electron chi connectivity index (χ0n) is 13.1. The van der Waals surface area contributed by atoms with E-state index in [-0.39, 0.29) is 17.9 Å². The van der Waals surface area contributed by atoms with Crippen LogP contribution in [0.3, 0.4) is 0 Å². The van der Waals surface area contributed by atoms with Crippen molar-refractivity contribution in [1.82, 2.24) is 10.6 Å². The van der Waals surface area contributed by atoms with Gasteiger partial charge in [0.1, 0.15) is 17.3 Å². The van der Waals surface area contributed by atoms with Crippen LogP contribution in [0.2, 0.25) is 0 Å². The first-order valence-electron chi connectivity index (χ1n) is 7.29. The van der Waals surface area contributed by atoms with E-state index in [1.165, 1.54) is 18.2 Å². The summed E-state index contributed by atoms with van der Waals surface area (Å²) in [6.45, 7) is -2.52. The summed E-state index contributed by atoms with van der Waals surface area (Å²) >= 11 is 0. The van der Waals surface area contributed by atoms with Crippen molar-refractivity contribution in [1.29, 1.82) is 0 Å². The first-order valence-corrected chi connectivity index (χ1v) is 7.29. The summed E-state index contributed by atoms with van der Waals surface area (Å²) < 4.78 is 48.2. The van der Waals surface area contributed by atoms with Crippen molar-refractivity contribution in [3.8, 4) is 5.75 Å². The summed E-state index contributed by atoms with van der Waals surface area (Å²) in [7, 11) is 1.56. The van der Waals surface area contributed by atoms with E-state index < -0.39 is 12.4 Å². The van der Waals surface area contributed by atoms with Gasteiger partial charge in [-0.15, -0.1) is 0 Å². The van der Waals surface area contributed by atoms with Crippen molar-refractivity contribution < 1.29 is 22.3 Å². The Balaban J connectivity index is 1.90. The van der Waals surface area contributed by atoms with E-state index in [1.54, 1.807) is 19.4 Å². The van der Waals surface area contributed by atoms with Gasteiger partial charge in [-0.25, -0.2) is 4.39 Å². The van der Waals surface area contributed by atoms with Crippen LogP contribution in [-0.4, -0.2) is 26.2 Å². The molecule has 0 aliphatic rings. The Morgan fingerprint density at radius 2 is 2.08 bits per heavy atom. The predicted octanol–water partition coefficient (Wildman–Crippen LogP) is 2.93. The van der Waals surface area contributed by atoms with E-state index in [1.807, 2.05) is 6.07 Å². The minimum atomic E-state index is -3.02. The van der Waals surface area contributed by atoms with Crippen molar-refractivity contribution in [2.75, 3.05) is 13.6 Å². The van der Waals surface area contributed by atoms with Gasteiger partial charge in [-0.1, -0.05) is 6.07 Å². The van der Waals surface area contributed by atoms with Crippen LogP contribution in [0.5, 0.6) is 5.75 Å². The molecule has 2 rings (SSSR count). The normalized spacial score (nSPS) is 11.6. The van der Waals surface area contributed by atoms with E-state index in [4.69, 9.17) is 4.42 Å². The van der Waals surface area contributed by atoms with Crippen LogP contribution >= 0.6 is 0 Å². The average Bonchev–Trinajstić information content (AvgIpc) is 3.05. The summed E-state index contributed by atoms with van der Waals surface area (Å²) in [6, 6.07) is 7.44. The number of rotatable bonds is 7. The molecule has 1 aromatic carbocycles. The van der Waals surface area contributed by atoms with Gasteiger partial charge in [0, 0.05) is 32.1 Å². The largest absolute Gasteiger partial charge is 0.469 e. The molecule has 0 radical (unpaired) electrons. The van der Waals surface area contributed by atoms with Gasteiger partial charge in [-0.2, -0.15) is 8.78 Å². The molecule has 0 spiro atoms. The Kier molecular flexibility index (Phi) is 6.53. The summed E-state index contributed by atoms with van der Waals surface area (Å²) in [5.74, 6) is 0.391. The van der Waals surface area contributed by atoms with Crippen molar-refractivity contribution >= 4 is 5.96 Å². The van der Waals surface area contributed by atoms with E-state index in [9.17, 15) is 13.2 Å². The monoisotopic (exact) mass is 341 g/mol. The van der Waals surface area contributed by atoms with Crippen molar-refractivity contribution in [2.24, 2.45) is 4.99 Å². The van der Waals surface area contributed by atoms with Crippen molar-refractivity contribution in [2.45, 2.75) is 19.6 Å². The third-order valence-electron chi connectivity index (χ3n) is 3.19. The molecule has 0 saturated heterocycles. The molecule has 2 N–H and O–H groups in total. The number of ether oxygens (including phenoxy) is 1. The van der Waals surface area contributed by atoms with Gasteiger partial charge >= 0.3 is 6.61 Å². The number of guanidine groups is 1. The number of aliphatic imine (C=N–C) groups is 1. The van der Waals surface area contributed by atoms with Crippen molar-refractivity contribution in [3.63, 3.8) is 0 Å². The molecular weight excluding hydrogens is 323 g/mol. The minimum Gasteiger partial charge on any atom is -0.469 e. The first-order chi connectivity index (χ1) is 11.6. The highest BCUT2D eigenvalue weighted by Gasteiger charge is 2.14. The molecule has 0 aliphatic carbocycles. The number of benzene rings is 1. The van der Waals surface area contributed by atoms with Crippen LogP contribution in [0, 0.1) is 5.82 Å². The maximum atomic E-state index is 13.9. The highest BCUT2D eigenvalue weighted by atomic mass is 19.3. The Hall–Kier alpha value is -2.64. The predicted molar refractivity (Wildman–Crippen MR) is 83.6 cm³/mol. The van der Waals surface area contributed by atoms with Crippen LogP contribution < -0.4 is 15.4 Å². The maximum Gasteiger partial charge on any atom is 0.387 e. The molecular formula is C16H18F3N3O2. The number of furan rings is 1. The molecule has 0 saturated carbocycles. The second-order valence-corrected chi connectivity index (χ2v) is 4.78. The first kappa shape index (κ1) is 17.7. The molecule has 0 amide bonds. The Labute approximate surface area is 137 Å². The fourth-order valence-electron chi connectivity index (χ4n) is 2.07. The van der Waals surface area contributed by atoms with Gasteiger partial charge in [0.05, 0.1) is 6.26 Å². The minimum absolute atomic E-state index is 0.00628. The quantitative estimate of drug-likeness (QED) is 0.601. The van der Waals surface area contributed by atoms with Crippen LogP contribution in [0.15, 0.2) is 46.0 Å². The van der Waals surface area contributed by atoms with Crippen LogP contribution in [-0.2, 0) is 13.0 Å². The lowest BCUT2D eigenvalue weighted by molar-refractivity contribution is -0.0506. The van der Waals surface area contributed by atoms with E-state index in [0.29, 0.717) is 18.9 Å². The van der Waals surface area contributed by atoms with Crippen LogP contribution in [0.1, 0.15) is 11.3 Å². The summed E-state index contributed by atoms with van der Waals surface area (Å²) in [6.07, 6.45) is 2.23. The molecule has 130 valence electrons. The zero-order valence-corrected chi connectivity index (χ0v) is 13.1. The molecule has 1 heterocycles. The van der Waals surface area contributed by atoms with Crippen molar-refractivity contribution in [3.05, 3.63) is 53.7 Å². The number of hydrogen-bond donors (Lipinski definition) is 2. The molecule has 2 aromatic rings. The summed E-state index contributed by atoms with van der Waals surface area (Å²) in [4.78, 5) is 3.99. The Morgan fingerprint density at radius 1 is 1.25 bits per heavy atom. The Morgan fingerprint density at radius 3 is 2.75 bits per heavy atom. The standard InChI is InChI=1S/C16H18F3N3O2/c1-20-16(21-8-7-11-4-3-9-23-11)22-10-12-13(17)5-2-6-14(12)24-15(18)19/h2-6,9,15H,7-8,10H2,1H3,(H2,20,21,22). The zero-order chi connectivity index (χ0) is 17.4. The third-order valence-corrected chi connectivity index (χ3v) is 3.19. The molecule has 1 aromatic heterocycles. The van der Waals surface area contributed by atoms with Crippen LogP contribution in [0.25, 0.3) is 0 Å². The molecule has 0 atom stereocenters. The molecule has 5 nitrogen and oxygen atoms in total. The molecule has 0 unspecified atom stereocenters. The van der Waals surface area contributed by atoms with Gasteiger partial charge in [-0.3, -0.25) is 4.99 Å². The van der Waals surface area contributed by atoms with Gasteiger partial charge in [0.25, 0.3) is 0 Å². The van der Waals surface area contributed by atoms with Gasteiger partial charge in [0.2, 0.25) is 0 Å². The smallest absolute Gasteiger partial charge is 0.387 e. The highest BCUT2D eigenvalue weighted by molar-refractivity contribution is 5.79. The molecule has 0 fully saturated rings. The fraction of sp³-hybridized carbons (Fsp3) is 0.312. The molecule has 24 heavy (non-hydrogen) atoms. The number of alkyl halides is 2.